The van der Waals surface area contributed by atoms with Crippen LogP contribution in [0.2, 0.25) is 0 Å². The quantitative estimate of drug-likeness (QED) is 0.665. The first-order valence-corrected chi connectivity index (χ1v) is 4.32. The summed E-state index contributed by atoms with van der Waals surface area (Å²) in [7, 11) is 0. The molecule has 70 valence electrons. The molecule has 3 heteroatoms. The van der Waals surface area contributed by atoms with E-state index in [1.807, 2.05) is 13.8 Å². The fraction of sp³-hybridized carbons (Fsp3) is 0.400. The fourth-order valence-corrected chi connectivity index (χ4v) is 1.53. The average Bonchev–Trinajstić information content (AvgIpc) is 2.06. The standard InChI is InChI=1S/C10H12O3/c1-6-9-5-8(11)3-4-10(9)13-7(2)12-6/h3-7,11H,1-2H3/t6-,7+/m1/s1. The second-order valence-electron chi connectivity index (χ2n) is 3.19. The van der Waals surface area contributed by atoms with Gasteiger partial charge in [0.2, 0.25) is 0 Å². The van der Waals surface area contributed by atoms with Gasteiger partial charge in [-0.1, -0.05) is 0 Å². The van der Waals surface area contributed by atoms with Gasteiger partial charge in [0.1, 0.15) is 11.5 Å². The Bertz CT molecular complexity index is 322. The van der Waals surface area contributed by atoms with Crippen molar-refractivity contribution in [1.29, 1.82) is 0 Å². The first kappa shape index (κ1) is 8.38. The summed E-state index contributed by atoms with van der Waals surface area (Å²) < 4.78 is 10.9. The third-order valence-electron chi connectivity index (χ3n) is 2.12. The summed E-state index contributed by atoms with van der Waals surface area (Å²) in [6.45, 7) is 3.80. The molecule has 1 aliphatic heterocycles. The van der Waals surface area contributed by atoms with E-state index >= 15 is 0 Å². The molecule has 0 aliphatic carbocycles. The Morgan fingerprint density at radius 1 is 1.31 bits per heavy atom. The Kier molecular flexibility index (Phi) is 1.88. The maximum absolute atomic E-state index is 9.26. The van der Waals surface area contributed by atoms with Crippen LogP contribution in [-0.4, -0.2) is 11.4 Å². The average molecular weight is 180 g/mol. The van der Waals surface area contributed by atoms with Crippen molar-refractivity contribution in [2.24, 2.45) is 0 Å². The van der Waals surface area contributed by atoms with Crippen LogP contribution in [0.4, 0.5) is 0 Å². The number of benzene rings is 1. The monoisotopic (exact) mass is 180 g/mol. The minimum absolute atomic E-state index is 0.0224. The molecule has 3 nitrogen and oxygen atoms in total. The molecule has 0 saturated heterocycles. The van der Waals surface area contributed by atoms with Gasteiger partial charge in [-0.3, -0.25) is 0 Å². The topological polar surface area (TPSA) is 38.7 Å². The van der Waals surface area contributed by atoms with Crippen LogP contribution in [0.5, 0.6) is 11.5 Å². The van der Waals surface area contributed by atoms with Gasteiger partial charge in [-0.05, 0) is 32.0 Å². The van der Waals surface area contributed by atoms with Gasteiger partial charge in [0, 0.05) is 5.56 Å². The molecule has 2 rings (SSSR count). The number of rotatable bonds is 0. The van der Waals surface area contributed by atoms with Gasteiger partial charge >= 0.3 is 0 Å². The van der Waals surface area contributed by atoms with Gasteiger partial charge in [-0.15, -0.1) is 0 Å². The maximum atomic E-state index is 9.26. The SMILES string of the molecule is C[C@@H]1Oc2ccc(O)cc2[C@@H](C)O1. The van der Waals surface area contributed by atoms with E-state index in [0.29, 0.717) is 0 Å². The van der Waals surface area contributed by atoms with E-state index in [-0.39, 0.29) is 18.1 Å². The van der Waals surface area contributed by atoms with Crippen molar-refractivity contribution >= 4 is 0 Å². The molecule has 1 aromatic carbocycles. The Balaban J connectivity index is 2.43. The molecule has 0 saturated carbocycles. The highest BCUT2D eigenvalue weighted by Crippen LogP contribution is 2.35. The van der Waals surface area contributed by atoms with E-state index in [1.165, 1.54) is 0 Å². The van der Waals surface area contributed by atoms with Crippen LogP contribution in [0.25, 0.3) is 0 Å². The number of phenolic OH excluding ortho intramolecular Hbond substituents is 1. The zero-order valence-electron chi connectivity index (χ0n) is 7.65. The van der Waals surface area contributed by atoms with E-state index in [4.69, 9.17) is 9.47 Å². The van der Waals surface area contributed by atoms with Crippen molar-refractivity contribution in [1.82, 2.24) is 0 Å². The molecule has 0 radical (unpaired) electrons. The van der Waals surface area contributed by atoms with Gasteiger partial charge < -0.3 is 14.6 Å². The first-order chi connectivity index (χ1) is 6.16. The predicted octanol–water partition coefficient (Wildman–Crippen LogP) is 2.21. The van der Waals surface area contributed by atoms with Gasteiger partial charge in [-0.25, -0.2) is 0 Å². The first-order valence-electron chi connectivity index (χ1n) is 4.32. The van der Waals surface area contributed by atoms with Crippen molar-refractivity contribution in [3.63, 3.8) is 0 Å². The number of ether oxygens (including phenoxy) is 2. The lowest BCUT2D eigenvalue weighted by Gasteiger charge is -2.28. The summed E-state index contributed by atoms with van der Waals surface area (Å²) in [5, 5.41) is 9.26. The molecule has 1 aliphatic rings. The molecule has 0 unspecified atom stereocenters. The van der Waals surface area contributed by atoms with E-state index < -0.39 is 0 Å². The Hall–Kier alpha value is -1.22. The normalized spacial score (nSPS) is 26.3. The fourth-order valence-electron chi connectivity index (χ4n) is 1.53. The number of phenols is 1. The van der Waals surface area contributed by atoms with Crippen LogP contribution in [0.1, 0.15) is 25.5 Å². The summed E-state index contributed by atoms with van der Waals surface area (Å²) in [5.41, 5.74) is 0.901. The number of fused-ring (bicyclic) bond motifs is 1. The highest BCUT2D eigenvalue weighted by molar-refractivity contribution is 5.41. The van der Waals surface area contributed by atoms with Crippen molar-refractivity contribution in [2.45, 2.75) is 26.2 Å². The van der Waals surface area contributed by atoms with Gasteiger partial charge in [0.25, 0.3) is 0 Å². The minimum Gasteiger partial charge on any atom is -0.508 e. The summed E-state index contributed by atoms with van der Waals surface area (Å²) >= 11 is 0. The lowest BCUT2D eigenvalue weighted by Crippen LogP contribution is -2.24. The zero-order chi connectivity index (χ0) is 9.42. The largest absolute Gasteiger partial charge is 0.508 e. The second-order valence-corrected chi connectivity index (χ2v) is 3.19. The van der Waals surface area contributed by atoms with Gasteiger partial charge in [0.05, 0.1) is 6.10 Å². The molecule has 0 amide bonds. The second kappa shape index (κ2) is 2.92. The van der Waals surface area contributed by atoms with E-state index in [1.54, 1.807) is 18.2 Å². The van der Waals surface area contributed by atoms with Crippen molar-refractivity contribution in [3.05, 3.63) is 23.8 Å². The molecule has 2 atom stereocenters. The predicted molar refractivity (Wildman–Crippen MR) is 47.7 cm³/mol. The van der Waals surface area contributed by atoms with Crippen LogP contribution in [-0.2, 0) is 4.74 Å². The molecular weight excluding hydrogens is 168 g/mol. The molecule has 13 heavy (non-hydrogen) atoms. The van der Waals surface area contributed by atoms with Crippen molar-refractivity contribution in [2.75, 3.05) is 0 Å². The van der Waals surface area contributed by atoms with Gasteiger partial charge in [-0.2, -0.15) is 0 Å². The molecule has 1 N–H and O–H groups in total. The summed E-state index contributed by atoms with van der Waals surface area (Å²) in [6.07, 6.45) is -0.238. The Morgan fingerprint density at radius 3 is 2.85 bits per heavy atom. The Morgan fingerprint density at radius 2 is 2.08 bits per heavy atom. The van der Waals surface area contributed by atoms with Crippen molar-refractivity contribution < 1.29 is 14.6 Å². The highest BCUT2D eigenvalue weighted by atomic mass is 16.7. The molecule has 0 aromatic heterocycles. The van der Waals surface area contributed by atoms with Crippen LogP contribution >= 0.6 is 0 Å². The molecular formula is C10H12O3. The lowest BCUT2D eigenvalue weighted by molar-refractivity contribution is -0.122. The Labute approximate surface area is 76.9 Å². The van der Waals surface area contributed by atoms with Crippen LogP contribution in [0, 0.1) is 0 Å². The number of hydrogen-bond donors (Lipinski definition) is 1. The highest BCUT2D eigenvalue weighted by Gasteiger charge is 2.22. The molecule has 0 fully saturated rings. The smallest absolute Gasteiger partial charge is 0.197 e. The van der Waals surface area contributed by atoms with E-state index in [2.05, 4.69) is 0 Å². The van der Waals surface area contributed by atoms with Crippen LogP contribution in [0.3, 0.4) is 0 Å². The van der Waals surface area contributed by atoms with Crippen LogP contribution < -0.4 is 4.74 Å². The summed E-state index contributed by atoms with van der Waals surface area (Å²) in [6, 6.07) is 5.05. The lowest BCUT2D eigenvalue weighted by atomic mass is 10.1. The molecule has 0 spiro atoms. The number of hydrogen-bond acceptors (Lipinski definition) is 3. The van der Waals surface area contributed by atoms with E-state index in [0.717, 1.165) is 11.3 Å². The summed E-state index contributed by atoms with van der Waals surface area (Å²) in [5.74, 6) is 1.04. The number of aromatic hydroxyl groups is 1. The molecule has 1 aromatic rings. The third-order valence-corrected chi connectivity index (χ3v) is 2.12. The molecule has 1 heterocycles. The van der Waals surface area contributed by atoms with Crippen LogP contribution in [0.15, 0.2) is 18.2 Å². The third kappa shape index (κ3) is 1.47. The zero-order valence-corrected chi connectivity index (χ0v) is 7.65. The maximum Gasteiger partial charge on any atom is 0.197 e. The van der Waals surface area contributed by atoms with Gasteiger partial charge in [0.15, 0.2) is 6.29 Å². The minimum atomic E-state index is -0.216. The van der Waals surface area contributed by atoms with E-state index in [9.17, 15) is 5.11 Å². The van der Waals surface area contributed by atoms with Crippen molar-refractivity contribution in [3.8, 4) is 11.5 Å². The summed E-state index contributed by atoms with van der Waals surface area (Å²) in [4.78, 5) is 0. The molecule has 0 bridgehead atoms.